The van der Waals surface area contributed by atoms with Crippen LogP contribution >= 0.6 is 22.6 Å². The molecule has 0 aliphatic carbocycles. The van der Waals surface area contributed by atoms with Crippen molar-refractivity contribution in [2.75, 3.05) is 47.1 Å². The van der Waals surface area contributed by atoms with Crippen molar-refractivity contribution in [1.82, 2.24) is 14.6 Å². The fourth-order valence-electron chi connectivity index (χ4n) is 4.83. The molecule has 3 aromatic carbocycles. The highest BCUT2D eigenvalue weighted by Gasteiger charge is 2.20. The summed E-state index contributed by atoms with van der Waals surface area (Å²) in [7, 11) is 3.11. The largest absolute Gasteiger partial charge is 0.496 e. The second kappa shape index (κ2) is 12.4. The molecule has 0 atom stereocenters. The van der Waals surface area contributed by atoms with Crippen LogP contribution in [0.1, 0.15) is 5.56 Å². The molecule has 0 spiro atoms. The van der Waals surface area contributed by atoms with Crippen LogP contribution in [-0.2, 0) is 9.53 Å². The van der Waals surface area contributed by atoms with Gasteiger partial charge >= 0.3 is 0 Å². The van der Waals surface area contributed by atoms with Gasteiger partial charge in [0, 0.05) is 13.1 Å². The number of nitrogens with zero attached hydrogens (tertiary/aromatic N) is 4. The molecule has 5 aromatic rings. The van der Waals surface area contributed by atoms with Gasteiger partial charge in [-0.15, -0.1) is 0 Å². The summed E-state index contributed by atoms with van der Waals surface area (Å²) in [4.78, 5) is 32.7. The molecular formula is C31H27IN4O7. The van der Waals surface area contributed by atoms with Gasteiger partial charge in [0.05, 0.1) is 53.5 Å². The van der Waals surface area contributed by atoms with Crippen LogP contribution in [-0.4, -0.2) is 73.8 Å². The predicted octanol–water partition coefficient (Wildman–Crippen LogP) is 4.55. The molecule has 0 radical (unpaired) electrons. The van der Waals surface area contributed by atoms with Crippen LogP contribution in [0.15, 0.2) is 75.0 Å². The van der Waals surface area contributed by atoms with E-state index in [2.05, 4.69) is 27.7 Å². The first-order chi connectivity index (χ1) is 21.0. The van der Waals surface area contributed by atoms with Crippen LogP contribution in [0.25, 0.3) is 33.5 Å². The van der Waals surface area contributed by atoms with Crippen LogP contribution in [0.3, 0.4) is 0 Å². The molecule has 6 rings (SSSR count). The van der Waals surface area contributed by atoms with Crippen molar-refractivity contribution in [2.45, 2.75) is 0 Å². The Labute approximate surface area is 259 Å². The number of methoxy groups -OCH3 is 2. The molecule has 0 bridgehead atoms. The molecule has 3 heterocycles. The molecule has 1 fully saturated rings. The summed E-state index contributed by atoms with van der Waals surface area (Å²) in [6.45, 7) is 1.99. The quantitative estimate of drug-likeness (QED) is 0.172. The monoisotopic (exact) mass is 694 g/mol. The summed E-state index contributed by atoms with van der Waals surface area (Å²) < 4.78 is 30.3. The normalized spacial score (nSPS) is 13.6. The zero-order valence-corrected chi connectivity index (χ0v) is 25.6. The summed E-state index contributed by atoms with van der Waals surface area (Å²) in [6, 6.07) is 17.9. The number of benzene rings is 3. The molecule has 1 aliphatic rings. The third kappa shape index (κ3) is 5.79. The van der Waals surface area contributed by atoms with Gasteiger partial charge in [0.2, 0.25) is 5.82 Å². The number of aromatic nitrogens is 2. The lowest BCUT2D eigenvalue weighted by Gasteiger charge is -2.27. The first kappa shape index (κ1) is 28.7. The van der Waals surface area contributed by atoms with E-state index < -0.39 is 0 Å². The first-order valence-electron chi connectivity index (χ1n) is 13.5. The topological polar surface area (TPSA) is 118 Å². The molecule has 0 saturated carbocycles. The van der Waals surface area contributed by atoms with Crippen molar-refractivity contribution in [3.8, 4) is 28.8 Å². The molecule has 0 unspecified atom stereocenters. The predicted molar refractivity (Wildman–Crippen MR) is 169 cm³/mol. The second-order valence-electron chi connectivity index (χ2n) is 9.61. The van der Waals surface area contributed by atoms with Crippen LogP contribution in [0.4, 0.5) is 0 Å². The van der Waals surface area contributed by atoms with Crippen molar-refractivity contribution in [2.24, 2.45) is 5.10 Å². The number of furan rings is 1. The third-order valence-electron chi connectivity index (χ3n) is 6.99. The Bertz CT molecular complexity index is 1910. The van der Waals surface area contributed by atoms with Crippen molar-refractivity contribution in [3.63, 3.8) is 0 Å². The minimum atomic E-state index is -0.354. The summed E-state index contributed by atoms with van der Waals surface area (Å²) in [6.07, 6.45) is 1.54. The van der Waals surface area contributed by atoms with Gasteiger partial charge in [-0.2, -0.15) is 9.78 Å². The molecule has 1 amide bonds. The van der Waals surface area contributed by atoms with Gasteiger partial charge in [0.25, 0.3) is 11.5 Å². The number of carbonyl (C=O) groups is 1. The van der Waals surface area contributed by atoms with Gasteiger partial charge in [-0.1, -0.05) is 18.2 Å². The lowest BCUT2D eigenvalue weighted by Crippen LogP contribution is -2.43. The van der Waals surface area contributed by atoms with Gasteiger partial charge in [0.15, 0.2) is 23.9 Å². The van der Waals surface area contributed by atoms with Gasteiger partial charge < -0.3 is 28.3 Å². The zero-order chi connectivity index (χ0) is 29.9. The first-order valence-corrected chi connectivity index (χ1v) is 14.5. The van der Waals surface area contributed by atoms with Crippen molar-refractivity contribution in [1.29, 1.82) is 0 Å². The summed E-state index contributed by atoms with van der Waals surface area (Å²) in [5.41, 5.74) is 1.40. The molecule has 1 aliphatic heterocycles. The van der Waals surface area contributed by atoms with Crippen LogP contribution in [0.2, 0.25) is 0 Å². The molecule has 12 heteroatoms. The fourth-order valence-corrected chi connectivity index (χ4v) is 5.61. The van der Waals surface area contributed by atoms with Gasteiger partial charge in [-0.3, -0.25) is 9.59 Å². The number of hydrogen-bond donors (Lipinski definition) is 0. The smallest absolute Gasteiger partial charge is 0.282 e. The molecule has 1 saturated heterocycles. The van der Waals surface area contributed by atoms with E-state index in [1.165, 1.54) is 18.0 Å². The number of amides is 1. The standard InChI is InChI=1S/C31H27IN4O7/c1-39-24-8-5-9-25-21(24)16-27(43-25)30-34-23-7-4-3-6-20(23)31(38)36(30)33-17-19-14-22(32)29(26(15-19)40-2)42-18-28(37)35-10-12-41-13-11-35/h3-9,14-17H,10-13,18H2,1-2H3. The minimum absolute atomic E-state index is 0.120. The summed E-state index contributed by atoms with van der Waals surface area (Å²) in [5.74, 6) is 1.99. The summed E-state index contributed by atoms with van der Waals surface area (Å²) >= 11 is 2.12. The maximum atomic E-state index is 13.7. The van der Waals surface area contributed by atoms with E-state index in [-0.39, 0.29) is 23.9 Å². The highest BCUT2D eigenvalue weighted by Crippen LogP contribution is 2.35. The average Bonchev–Trinajstić information content (AvgIpc) is 3.48. The Balaban J connectivity index is 1.36. The van der Waals surface area contributed by atoms with Crippen LogP contribution in [0, 0.1) is 3.57 Å². The van der Waals surface area contributed by atoms with Crippen LogP contribution in [0.5, 0.6) is 17.2 Å². The van der Waals surface area contributed by atoms with E-state index in [0.717, 1.165) is 5.39 Å². The van der Waals surface area contributed by atoms with E-state index in [1.54, 1.807) is 42.3 Å². The number of fused-ring (bicyclic) bond motifs is 2. The van der Waals surface area contributed by atoms with E-state index in [9.17, 15) is 9.59 Å². The van der Waals surface area contributed by atoms with Crippen LogP contribution < -0.4 is 19.8 Å². The van der Waals surface area contributed by atoms with Gasteiger partial charge in [-0.05, 0) is 70.6 Å². The van der Waals surface area contributed by atoms with Gasteiger partial charge in [-0.25, -0.2) is 4.98 Å². The SMILES string of the molecule is COc1cc(C=Nn2c(-c3cc4c(OC)cccc4o3)nc3ccccc3c2=O)cc(I)c1OCC(=O)N1CCOCC1. The zero-order valence-electron chi connectivity index (χ0n) is 23.4. The molecule has 2 aromatic heterocycles. The molecule has 43 heavy (non-hydrogen) atoms. The molecular weight excluding hydrogens is 667 g/mol. The van der Waals surface area contributed by atoms with Crippen molar-refractivity contribution in [3.05, 3.63) is 80.2 Å². The Hall–Kier alpha value is -4.43. The number of ether oxygens (including phenoxy) is 4. The van der Waals surface area contributed by atoms with Crippen molar-refractivity contribution >= 4 is 56.6 Å². The van der Waals surface area contributed by atoms with E-state index >= 15 is 0 Å². The Morgan fingerprint density at radius 2 is 1.81 bits per heavy atom. The highest BCUT2D eigenvalue weighted by atomic mass is 127. The lowest BCUT2D eigenvalue weighted by atomic mass is 10.2. The molecule has 11 nitrogen and oxygen atoms in total. The van der Waals surface area contributed by atoms with Crippen molar-refractivity contribution < 1.29 is 28.2 Å². The number of para-hydroxylation sites is 1. The van der Waals surface area contributed by atoms with E-state index in [0.29, 0.717) is 74.9 Å². The van der Waals surface area contributed by atoms with E-state index in [4.69, 9.17) is 28.3 Å². The molecule has 0 N–H and O–H groups in total. The number of carbonyl (C=O) groups excluding carboxylic acids is 1. The lowest BCUT2D eigenvalue weighted by molar-refractivity contribution is -0.137. The fraction of sp³-hybridized carbons (Fsp3) is 0.226. The van der Waals surface area contributed by atoms with Gasteiger partial charge in [0.1, 0.15) is 11.3 Å². The highest BCUT2D eigenvalue weighted by molar-refractivity contribution is 14.1. The maximum Gasteiger partial charge on any atom is 0.282 e. The Morgan fingerprint density at radius 3 is 2.60 bits per heavy atom. The Morgan fingerprint density at radius 1 is 1.02 bits per heavy atom. The second-order valence-corrected chi connectivity index (χ2v) is 10.8. The maximum absolute atomic E-state index is 13.7. The molecule has 220 valence electrons. The third-order valence-corrected chi connectivity index (χ3v) is 7.79. The number of hydrogen-bond acceptors (Lipinski definition) is 9. The number of morpholine rings is 1. The summed E-state index contributed by atoms with van der Waals surface area (Å²) in [5, 5.41) is 5.71. The Kier molecular flexibility index (Phi) is 8.29. The minimum Gasteiger partial charge on any atom is -0.496 e. The number of halogens is 1. The average molecular weight is 694 g/mol. The van der Waals surface area contributed by atoms with E-state index in [1.807, 2.05) is 30.3 Å². The number of rotatable bonds is 8.